The van der Waals surface area contributed by atoms with E-state index in [9.17, 15) is 0 Å². The second-order valence-electron chi connectivity index (χ2n) is 16.5. The molecule has 1 heteroatoms. The molecule has 284 valence electrons. The van der Waals surface area contributed by atoms with E-state index in [4.69, 9.17) is 0 Å². The van der Waals surface area contributed by atoms with Gasteiger partial charge in [-0.3, -0.25) is 0 Å². The van der Waals surface area contributed by atoms with Crippen LogP contribution in [0.15, 0.2) is 224 Å². The molecule has 1 aliphatic carbocycles. The standard InChI is InChI=1S/C59H43N/c1-59(2)56-26-14-12-24-53(56)54-37-35-46(39-57(54)59)60(45-33-30-40(31-34-45)43-32-36-49-44(38-43)29-28-42-18-6-7-19-47(42)49)58-27-15-13-25-55(58)52-23-11-10-22-51(52)50-21-9-8-20-48(50)41-16-4-3-5-17-41/h3-39H,1-2H3. The average molecular weight is 766 g/mol. The monoisotopic (exact) mass is 765 g/mol. The minimum atomic E-state index is -0.133. The van der Waals surface area contributed by atoms with Crippen LogP contribution in [0, 0.1) is 0 Å². The first-order chi connectivity index (χ1) is 29.5. The van der Waals surface area contributed by atoms with Crippen LogP contribution >= 0.6 is 0 Å². The van der Waals surface area contributed by atoms with Gasteiger partial charge in [-0.25, -0.2) is 0 Å². The van der Waals surface area contributed by atoms with E-state index in [1.54, 1.807) is 0 Å². The number of anilines is 3. The first kappa shape index (κ1) is 35.7. The van der Waals surface area contributed by atoms with Crippen molar-refractivity contribution in [3.63, 3.8) is 0 Å². The SMILES string of the molecule is CC1(C)c2ccccc2-c2ccc(N(c3ccc(-c4ccc5c(ccc6ccccc65)c4)cc3)c3ccccc3-c3ccccc3-c3ccccc3-c3ccccc3)cc21. The van der Waals surface area contributed by atoms with Crippen LogP contribution in [0.25, 0.3) is 77.2 Å². The summed E-state index contributed by atoms with van der Waals surface area (Å²) in [7, 11) is 0. The Morgan fingerprint density at radius 3 is 1.62 bits per heavy atom. The van der Waals surface area contributed by atoms with Crippen molar-refractivity contribution in [3.05, 3.63) is 236 Å². The Hall–Kier alpha value is -7.48. The van der Waals surface area contributed by atoms with Crippen molar-refractivity contribution in [3.8, 4) is 55.6 Å². The van der Waals surface area contributed by atoms with Crippen molar-refractivity contribution in [2.24, 2.45) is 0 Å². The highest BCUT2D eigenvalue weighted by Gasteiger charge is 2.36. The summed E-state index contributed by atoms with van der Waals surface area (Å²) < 4.78 is 0. The third-order valence-electron chi connectivity index (χ3n) is 12.7. The Morgan fingerprint density at radius 2 is 0.833 bits per heavy atom. The molecule has 0 N–H and O–H groups in total. The van der Waals surface area contributed by atoms with Crippen LogP contribution in [0.2, 0.25) is 0 Å². The van der Waals surface area contributed by atoms with Crippen molar-refractivity contribution in [2.45, 2.75) is 19.3 Å². The number of nitrogens with zero attached hydrogens (tertiary/aromatic N) is 1. The zero-order valence-corrected chi connectivity index (χ0v) is 33.8. The number of benzene rings is 10. The Labute approximate surface area is 352 Å². The van der Waals surface area contributed by atoms with Crippen molar-refractivity contribution in [1.29, 1.82) is 0 Å². The van der Waals surface area contributed by atoms with E-state index in [2.05, 4.69) is 243 Å². The van der Waals surface area contributed by atoms with Crippen molar-refractivity contribution in [2.75, 3.05) is 4.90 Å². The van der Waals surface area contributed by atoms with E-state index in [0.29, 0.717) is 0 Å². The van der Waals surface area contributed by atoms with E-state index in [1.807, 2.05) is 0 Å². The molecule has 10 aromatic carbocycles. The maximum Gasteiger partial charge on any atom is 0.0540 e. The highest BCUT2D eigenvalue weighted by atomic mass is 15.1. The first-order valence-corrected chi connectivity index (χ1v) is 20.9. The molecular weight excluding hydrogens is 723 g/mol. The zero-order chi connectivity index (χ0) is 40.2. The molecule has 1 aliphatic rings. The van der Waals surface area contributed by atoms with Gasteiger partial charge in [0.05, 0.1) is 5.69 Å². The van der Waals surface area contributed by atoms with E-state index in [-0.39, 0.29) is 5.41 Å². The number of rotatable bonds is 7. The molecule has 11 rings (SSSR count). The summed E-state index contributed by atoms with van der Waals surface area (Å²) in [6.07, 6.45) is 0. The van der Waals surface area contributed by atoms with Crippen LogP contribution in [0.5, 0.6) is 0 Å². The fourth-order valence-corrected chi connectivity index (χ4v) is 9.69. The number of para-hydroxylation sites is 1. The van der Waals surface area contributed by atoms with Gasteiger partial charge in [-0.1, -0.05) is 202 Å². The lowest BCUT2D eigenvalue weighted by atomic mass is 9.82. The summed E-state index contributed by atoms with van der Waals surface area (Å²) >= 11 is 0. The van der Waals surface area contributed by atoms with Crippen LogP contribution in [0.3, 0.4) is 0 Å². The lowest BCUT2D eigenvalue weighted by Gasteiger charge is -2.30. The Bertz CT molecular complexity index is 3230. The second kappa shape index (κ2) is 14.4. The summed E-state index contributed by atoms with van der Waals surface area (Å²) in [6.45, 7) is 4.72. The van der Waals surface area contributed by atoms with Gasteiger partial charge in [0, 0.05) is 22.4 Å². The van der Waals surface area contributed by atoms with E-state index in [1.165, 1.54) is 88.3 Å². The lowest BCUT2D eigenvalue weighted by Crippen LogP contribution is -2.17. The minimum Gasteiger partial charge on any atom is -0.310 e. The number of hydrogen-bond donors (Lipinski definition) is 0. The fourth-order valence-electron chi connectivity index (χ4n) is 9.69. The predicted molar refractivity (Wildman–Crippen MR) is 255 cm³/mol. The van der Waals surface area contributed by atoms with Crippen LogP contribution in [0.1, 0.15) is 25.0 Å². The molecule has 0 saturated heterocycles. The van der Waals surface area contributed by atoms with Gasteiger partial charge in [0.1, 0.15) is 0 Å². The van der Waals surface area contributed by atoms with Gasteiger partial charge in [0.15, 0.2) is 0 Å². The summed E-state index contributed by atoms with van der Waals surface area (Å²) in [5.74, 6) is 0. The molecule has 10 aromatic rings. The van der Waals surface area contributed by atoms with Crippen LogP contribution in [0.4, 0.5) is 17.1 Å². The van der Waals surface area contributed by atoms with Crippen LogP contribution in [-0.4, -0.2) is 0 Å². The Kier molecular flexibility index (Phi) is 8.57. The maximum absolute atomic E-state index is 2.46. The Balaban J connectivity index is 1.07. The molecular formula is C59H43N. The molecule has 60 heavy (non-hydrogen) atoms. The quantitative estimate of drug-likeness (QED) is 0.146. The normalized spacial score (nSPS) is 12.6. The largest absolute Gasteiger partial charge is 0.310 e. The molecule has 0 heterocycles. The van der Waals surface area contributed by atoms with Gasteiger partial charge in [0.2, 0.25) is 0 Å². The van der Waals surface area contributed by atoms with Crippen LogP contribution < -0.4 is 4.90 Å². The number of hydrogen-bond acceptors (Lipinski definition) is 1. The molecule has 0 unspecified atom stereocenters. The Morgan fingerprint density at radius 1 is 0.300 bits per heavy atom. The van der Waals surface area contributed by atoms with Crippen molar-refractivity contribution < 1.29 is 0 Å². The minimum absolute atomic E-state index is 0.133. The zero-order valence-electron chi connectivity index (χ0n) is 33.8. The molecule has 0 atom stereocenters. The smallest absolute Gasteiger partial charge is 0.0540 e. The van der Waals surface area contributed by atoms with Crippen molar-refractivity contribution >= 4 is 38.6 Å². The summed E-state index contributed by atoms with van der Waals surface area (Å²) in [6, 6.07) is 82.4. The maximum atomic E-state index is 2.46. The topological polar surface area (TPSA) is 3.24 Å². The average Bonchev–Trinajstić information content (AvgIpc) is 3.54. The van der Waals surface area contributed by atoms with Gasteiger partial charge in [-0.05, 0) is 119 Å². The molecule has 0 fully saturated rings. The molecule has 1 nitrogen and oxygen atoms in total. The fraction of sp³-hybridized carbons (Fsp3) is 0.0508. The summed E-state index contributed by atoms with van der Waals surface area (Å²) in [5.41, 5.74) is 18.2. The molecule has 0 aromatic heterocycles. The first-order valence-electron chi connectivity index (χ1n) is 20.9. The molecule has 0 saturated carbocycles. The highest BCUT2D eigenvalue weighted by molar-refractivity contribution is 6.08. The van der Waals surface area contributed by atoms with E-state index >= 15 is 0 Å². The molecule has 0 radical (unpaired) electrons. The van der Waals surface area contributed by atoms with Crippen LogP contribution in [-0.2, 0) is 5.41 Å². The summed E-state index contributed by atoms with van der Waals surface area (Å²) in [4.78, 5) is 2.46. The van der Waals surface area contributed by atoms with Gasteiger partial charge in [0.25, 0.3) is 0 Å². The van der Waals surface area contributed by atoms with Gasteiger partial charge >= 0.3 is 0 Å². The van der Waals surface area contributed by atoms with E-state index < -0.39 is 0 Å². The predicted octanol–water partition coefficient (Wildman–Crippen LogP) is 16.4. The van der Waals surface area contributed by atoms with Gasteiger partial charge in [-0.2, -0.15) is 0 Å². The van der Waals surface area contributed by atoms with Gasteiger partial charge in [-0.15, -0.1) is 0 Å². The van der Waals surface area contributed by atoms with Gasteiger partial charge < -0.3 is 4.90 Å². The molecule has 0 aliphatic heterocycles. The molecule has 0 amide bonds. The lowest BCUT2D eigenvalue weighted by molar-refractivity contribution is 0.660. The number of fused-ring (bicyclic) bond motifs is 6. The van der Waals surface area contributed by atoms with E-state index in [0.717, 1.165) is 17.1 Å². The summed E-state index contributed by atoms with van der Waals surface area (Å²) in [5, 5.41) is 5.09. The van der Waals surface area contributed by atoms with Crippen molar-refractivity contribution in [1.82, 2.24) is 0 Å². The molecule has 0 spiro atoms. The second-order valence-corrected chi connectivity index (χ2v) is 16.5. The third kappa shape index (κ3) is 5.93. The highest BCUT2D eigenvalue weighted by Crippen LogP contribution is 2.52. The molecule has 0 bridgehead atoms. The third-order valence-corrected chi connectivity index (χ3v) is 12.7.